The fraction of sp³-hybridized carbons (Fsp3) is 0.667. The maximum absolute atomic E-state index is 13.3. The van der Waals surface area contributed by atoms with Crippen molar-refractivity contribution in [2.24, 2.45) is 0 Å². The van der Waals surface area contributed by atoms with Crippen molar-refractivity contribution in [1.29, 1.82) is 0 Å². The van der Waals surface area contributed by atoms with Crippen molar-refractivity contribution in [3.8, 4) is 0 Å². The van der Waals surface area contributed by atoms with Crippen molar-refractivity contribution in [2.75, 3.05) is 0 Å². The number of alkyl halides is 2. The van der Waals surface area contributed by atoms with Crippen LogP contribution in [0.2, 0.25) is 0 Å². The fourth-order valence-corrected chi connectivity index (χ4v) is 2.04. The van der Waals surface area contributed by atoms with Crippen LogP contribution in [0.1, 0.15) is 27.7 Å². The molecule has 4 nitrogen and oxygen atoms in total. The molecule has 0 aromatic carbocycles. The van der Waals surface area contributed by atoms with Crippen molar-refractivity contribution in [2.45, 2.75) is 44.3 Å². The lowest BCUT2D eigenvalue weighted by molar-refractivity contribution is -0.0733. The second-order valence-corrected chi connectivity index (χ2v) is 5.82. The summed E-state index contributed by atoms with van der Waals surface area (Å²) in [6, 6.07) is -3.33. The summed E-state index contributed by atoms with van der Waals surface area (Å²) in [4.78, 5) is 0. The molecule has 0 amide bonds. The van der Waals surface area contributed by atoms with E-state index in [0.717, 1.165) is 0 Å². The lowest BCUT2D eigenvalue weighted by Crippen LogP contribution is -2.37. The number of hydrogen-bond donors (Lipinski definition) is 1. The lowest BCUT2D eigenvalue weighted by atomic mass is 10.1. The molecule has 0 saturated carbocycles. The molecule has 8 heteroatoms. The number of halogens is 3. The number of nitrogens with zero attached hydrogens (tertiary/aromatic N) is 2. The van der Waals surface area contributed by atoms with E-state index in [4.69, 9.17) is 0 Å². The Labute approximate surface area is 99.8 Å². The first-order valence-corrected chi connectivity index (χ1v) is 5.99. The highest BCUT2D eigenvalue weighted by Crippen LogP contribution is 2.21. The maximum atomic E-state index is 13.3. The van der Waals surface area contributed by atoms with E-state index in [2.05, 4.69) is 9.82 Å². The van der Waals surface area contributed by atoms with Gasteiger partial charge in [-0.15, -0.1) is 0 Å². The molecule has 1 N–H and O–H groups in total. The third-order valence-electron chi connectivity index (χ3n) is 1.62. The van der Waals surface area contributed by atoms with E-state index < -0.39 is 33.4 Å². The number of rotatable bonds is 3. The largest absolute Gasteiger partial charge is 0.340 e. The van der Waals surface area contributed by atoms with Crippen LogP contribution in [0.5, 0.6) is 0 Å². The zero-order chi connectivity index (χ0) is 13.4. The minimum Gasteiger partial charge on any atom is -0.236 e. The van der Waals surface area contributed by atoms with Crippen LogP contribution < -0.4 is 4.72 Å². The Morgan fingerprint density at radius 3 is 2.24 bits per heavy atom. The van der Waals surface area contributed by atoms with E-state index in [1.807, 2.05) is 0 Å². The molecule has 0 saturated heterocycles. The lowest BCUT2D eigenvalue weighted by Gasteiger charge is -2.18. The number of aromatic nitrogens is 2. The van der Waals surface area contributed by atoms with Gasteiger partial charge in [0, 0.05) is 12.5 Å². The Morgan fingerprint density at radius 2 is 1.88 bits per heavy atom. The molecule has 1 aromatic heterocycles. The Hall–Kier alpha value is -0.890. The average molecular weight is 269 g/mol. The van der Waals surface area contributed by atoms with E-state index >= 15 is 0 Å². The third-order valence-corrected chi connectivity index (χ3v) is 3.04. The van der Waals surface area contributed by atoms with Gasteiger partial charge in [0.15, 0.2) is 10.8 Å². The zero-order valence-corrected chi connectivity index (χ0v) is 10.7. The van der Waals surface area contributed by atoms with Gasteiger partial charge in [0.25, 0.3) is 0 Å². The fourth-order valence-electron chi connectivity index (χ4n) is 0.990. The second-order valence-electron chi connectivity index (χ2n) is 4.69. The Morgan fingerprint density at radius 1 is 1.35 bits per heavy atom. The van der Waals surface area contributed by atoms with E-state index in [9.17, 15) is 17.4 Å². The summed E-state index contributed by atoms with van der Waals surface area (Å²) in [5, 5.41) is 2.77. The minimum absolute atomic E-state index is 0.153. The van der Waals surface area contributed by atoms with E-state index in [0.29, 0.717) is 13.1 Å². The predicted octanol–water partition coefficient (Wildman–Crippen LogP) is 2.00. The van der Waals surface area contributed by atoms with E-state index in [-0.39, 0.29) is 4.68 Å². The summed E-state index contributed by atoms with van der Waals surface area (Å²) in [6.45, 7) is 5.72. The summed E-state index contributed by atoms with van der Waals surface area (Å²) >= 11 is 0. The molecule has 0 aliphatic rings. The standard InChI is InChI=1S/C9H14F3N3OS/c1-8(2,3)14-17(16)7-6(10)5-15(13-7)9(4,11)12/h5,14H,1-4H3. The smallest absolute Gasteiger partial charge is 0.236 e. The quantitative estimate of drug-likeness (QED) is 0.912. The van der Waals surface area contributed by atoms with Crippen LogP contribution in [0.4, 0.5) is 13.2 Å². The van der Waals surface area contributed by atoms with Gasteiger partial charge in [-0.05, 0) is 20.8 Å². The Balaban J connectivity index is 3.00. The molecular weight excluding hydrogens is 255 g/mol. The van der Waals surface area contributed by atoms with Gasteiger partial charge in [-0.1, -0.05) is 0 Å². The monoisotopic (exact) mass is 269 g/mol. The molecule has 0 aliphatic carbocycles. The molecule has 1 heterocycles. The van der Waals surface area contributed by atoms with Crippen LogP contribution >= 0.6 is 0 Å². The normalized spacial score (nSPS) is 15.0. The highest BCUT2D eigenvalue weighted by Gasteiger charge is 2.29. The first kappa shape index (κ1) is 14.2. The van der Waals surface area contributed by atoms with Gasteiger partial charge < -0.3 is 0 Å². The van der Waals surface area contributed by atoms with Crippen LogP contribution in [-0.4, -0.2) is 19.5 Å². The van der Waals surface area contributed by atoms with Crippen LogP contribution in [-0.2, 0) is 17.0 Å². The van der Waals surface area contributed by atoms with Crippen molar-refractivity contribution in [3.05, 3.63) is 12.0 Å². The summed E-state index contributed by atoms with van der Waals surface area (Å²) in [7, 11) is -1.97. The molecule has 1 atom stereocenters. The molecule has 98 valence electrons. The molecule has 1 unspecified atom stereocenters. The van der Waals surface area contributed by atoms with Crippen LogP contribution in [0, 0.1) is 5.82 Å². The van der Waals surface area contributed by atoms with Crippen molar-refractivity contribution < 1.29 is 17.4 Å². The van der Waals surface area contributed by atoms with Crippen molar-refractivity contribution in [3.63, 3.8) is 0 Å². The Bertz CT molecular complexity index is 434. The molecule has 0 spiro atoms. The van der Waals surface area contributed by atoms with Crippen molar-refractivity contribution in [1.82, 2.24) is 14.5 Å². The molecule has 0 aliphatic heterocycles. The molecule has 17 heavy (non-hydrogen) atoms. The molecule has 0 fully saturated rings. The summed E-state index contributed by atoms with van der Waals surface area (Å²) in [5.41, 5.74) is -0.546. The van der Waals surface area contributed by atoms with Crippen LogP contribution in [0.3, 0.4) is 0 Å². The number of hydrogen-bond acceptors (Lipinski definition) is 2. The summed E-state index contributed by atoms with van der Waals surface area (Å²) < 4.78 is 53.4. The molecule has 0 radical (unpaired) electrons. The maximum Gasteiger partial charge on any atom is 0.340 e. The van der Waals surface area contributed by atoms with Gasteiger partial charge in [0.05, 0.1) is 6.20 Å². The van der Waals surface area contributed by atoms with Gasteiger partial charge >= 0.3 is 6.05 Å². The molecule has 0 bridgehead atoms. The molecule has 1 rings (SSSR count). The first-order chi connectivity index (χ1) is 7.50. The topological polar surface area (TPSA) is 46.9 Å². The van der Waals surface area contributed by atoms with Gasteiger partial charge in [-0.2, -0.15) is 13.9 Å². The third kappa shape index (κ3) is 3.81. The number of nitrogens with one attached hydrogen (secondary N) is 1. The predicted molar refractivity (Wildman–Crippen MR) is 57.3 cm³/mol. The van der Waals surface area contributed by atoms with Gasteiger partial charge in [0.2, 0.25) is 0 Å². The van der Waals surface area contributed by atoms with E-state index in [1.165, 1.54) is 0 Å². The molecular formula is C9H14F3N3OS. The summed E-state index contributed by atoms with van der Waals surface area (Å²) in [6.07, 6.45) is 0.525. The van der Waals surface area contributed by atoms with Crippen LogP contribution in [0.25, 0.3) is 0 Å². The summed E-state index contributed by atoms with van der Waals surface area (Å²) in [5.74, 6) is -1.03. The van der Waals surface area contributed by atoms with Gasteiger partial charge in [-0.3, -0.25) is 0 Å². The minimum atomic E-state index is -3.33. The van der Waals surface area contributed by atoms with Crippen molar-refractivity contribution >= 4 is 11.0 Å². The highest BCUT2D eigenvalue weighted by molar-refractivity contribution is 7.83. The van der Waals surface area contributed by atoms with E-state index in [1.54, 1.807) is 20.8 Å². The van der Waals surface area contributed by atoms with Gasteiger partial charge in [0.1, 0.15) is 11.0 Å². The highest BCUT2D eigenvalue weighted by atomic mass is 32.2. The Kier molecular flexibility index (Phi) is 3.68. The molecule has 1 aromatic rings. The first-order valence-electron chi connectivity index (χ1n) is 4.84. The average Bonchev–Trinajstić information content (AvgIpc) is 2.42. The van der Waals surface area contributed by atoms with Crippen LogP contribution in [0.15, 0.2) is 11.2 Å². The second kappa shape index (κ2) is 4.41. The van der Waals surface area contributed by atoms with Gasteiger partial charge in [-0.25, -0.2) is 18.0 Å². The zero-order valence-electron chi connectivity index (χ0n) is 9.92. The SMILES string of the molecule is CC(C)(C)NS(=O)c1nn(C(C)(F)F)cc1F.